The van der Waals surface area contributed by atoms with Gasteiger partial charge in [-0.25, -0.2) is 0 Å². The Morgan fingerprint density at radius 3 is 0.696 bits per heavy atom. The average molecular weight is 407 g/mol. The summed E-state index contributed by atoms with van der Waals surface area (Å²) in [4.78, 5) is 8.72. The van der Waals surface area contributed by atoms with E-state index in [0.717, 1.165) is 26.2 Å². The second-order valence-corrected chi connectivity index (χ2v) is 5.76. The quantitative estimate of drug-likeness (QED) is 0.378. The van der Waals surface area contributed by atoms with E-state index in [1.54, 1.807) is 0 Å². The Balaban J connectivity index is -0.0000000680. The van der Waals surface area contributed by atoms with Crippen LogP contribution in [0.25, 0.3) is 10.8 Å². The molecule has 0 radical (unpaired) electrons. The molecule has 0 rings (SSSR count). The van der Waals surface area contributed by atoms with Crippen LogP contribution in [-0.4, -0.2) is 112 Å². The Bertz CT molecular complexity index is 230. The third-order valence-corrected chi connectivity index (χ3v) is 1.99. The van der Waals surface area contributed by atoms with Crippen LogP contribution in [0.3, 0.4) is 0 Å². The molecule has 0 N–H and O–H groups in total. The molecule has 0 bridgehead atoms. The summed E-state index contributed by atoms with van der Waals surface area (Å²) in [7, 11) is 16.7. The fourth-order valence-corrected chi connectivity index (χ4v) is 0.800. The van der Waals surface area contributed by atoms with Gasteiger partial charge in [-0.2, -0.15) is 10.3 Å². The van der Waals surface area contributed by atoms with Crippen molar-refractivity contribution in [3.63, 3.8) is 0 Å². The Labute approximate surface area is 164 Å². The van der Waals surface area contributed by atoms with Crippen molar-refractivity contribution in [1.82, 2.24) is 19.6 Å². The van der Waals surface area contributed by atoms with Gasteiger partial charge in [0.2, 0.25) is 0 Å². The van der Waals surface area contributed by atoms with Crippen LogP contribution in [0.15, 0.2) is 0 Å². The molecule has 23 heavy (non-hydrogen) atoms. The van der Waals surface area contributed by atoms with Crippen molar-refractivity contribution in [3.8, 4) is 0 Å². The van der Waals surface area contributed by atoms with Gasteiger partial charge < -0.3 is 30.4 Å². The maximum absolute atomic E-state index is 7.13. The van der Waals surface area contributed by atoms with Crippen LogP contribution in [0.4, 0.5) is 0 Å². The van der Waals surface area contributed by atoms with Gasteiger partial charge in [0.15, 0.2) is 0 Å². The monoisotopic (exact) mass is 406 g/mol. The van der Waals surface area contributed by atoms with E-state index in [2.05, 4.69) is 100 Å². The number of likely N-dealkylation sites (N-methyl/N-ethyl adjacent to an activating group) is 4. The molecule has 0 saturated heterocycles. The van der Waals surface area contributed by atoms with Gasteiger partial charge in [0.1, 0.15) is 0 Å². The van der Waals surface area contributed by atoms with Gasteiger partial charge in [0.25, 0.3) is 0 Å². The fourth-order valence-electron chi connectivity index (χ4n) is 0.800. The van der Waals surface area contributed by atoms with Crippen LogP contribution in [-0.2, 0) is 16.5 Å². The van der Waals surface area contributed by atoms with E-state index >= 15 is 0 Å². The zero-order chi connectivity index (χ0) is 18.6. The number of thiocarbonyl (C=S) groups is 2. The van der Waals surface area contributed by atoms with Crippen molar-refractivity contribution in [2.24, 2.45) is 0 Å². The molecule has 9 heteroatoms. The molecule has 0 amide bonds. The maximum Gasteiger partial charge on any atom is 0.0103 e. The second kappa shape index (κ2) is 29.9. The molecular weight excluding hydrogens is 375 g/mol. The number of nitrogens with zero attached hydrogens (tertiary/aromatic N) is 6. The standard InChI is InChI=1S/2C6H16N2.2CNS.Ni/c2*1-7(2)5-6-8(3)4;2*2-1-3;/h2*5-6H2,1-4H3;;;/q;;2*-1;. The first-order chi connectivity index (χ1) is 10.1. The molecule has 0 fully saturated rings. The van der Waals surface area contributed by atoms with Gasteiger partial charge in [0.05, 0.1) is 0 Å². The molecule has 0 atom stereocenters. The van der Waals surface area contributed by atoms with E-state index in [1.165, 1.54) is 10.3 Å². The minimum absolute atomic E-state index is 0. The Hall–Kier alpha value is -0.0665. The van der Waals surface area contributed by atoms with E-state index in [1.807, 2.05) is 0 Å². The molecular formula is C14H32N6NiS2-2. The van der Waals surface area contributed by atoms with Crippen molar-refractivity contribution in [2.75, 3.05) is 82.6 Å². The van der Waals surface area contributed by atoms with Crippen LogP contribution in [0, 0.1) is 0 Å². The molecule has 0 heterocycles. The van der Waals surface area contributed by atoms with Gasteiger partial charge in [-0.3, -0.25) is 0 Å². The molecule has 0 saturated carbocycles. The number of rotatable bonds is 6. The van der Waals surface area contributed by atoms with E-state index in [4.69, 9.17) is 10.8 Å². The SMILES string of the molecule is CN(C)CCN(C)C.CN(C)CCN(C)C.[N-]=C=S.[N-]=C=S.[Ni]. The third kappa shape index (κ3) is 88.3. The van der Waals surface area contributed by atoms with Crippen molar-refractivity contribution in [3.05, 3.63) is 10.8 Å². The average Bonchev–Trinajstić information content (AvgIpc) is 2.36. The first-order valence-electron chi connectivity index (χ1n) is 6.70. The summed E-state index contributed by atoms with van der Waals surface area (Å²) in [5.41, 5.74) is 0. The van der Waals surface area contributed by atoms with Crippen LogP contribution in [0.2, 0.25) is 0 Å². The fraction of sp³-hybridized carbons (Fsp3) is 0.857. The molecule has 0 aromatic carbocycles. The number of hydrogen-bond acceptors (Lipinski definition) is 6. The normalized spacial score (nSPS) is 8.52. The summed E-state index contributed by atoms with van der Waals surface area (Å²) >= 11 is 7.40. The molecule has 0 aliphatic heterocycles. The minimum Gasteiger partial charge on any atom is -0.753 e. The molecule has 142 valence electrons. The summed E-state index contributed by atoms with van der Waals surface area (Å²) in [6.45, 7) is 4.58. The van der Waals surface area contributed by atoms with Gasteiger partial charge in [-0.15, -0.1) is 0 Å². The van der Waals surface area contributed by atoms with Gasteiger partial charge in [-0.05, 0) is 56.4 Å². The van der Waals surface area contributed by atoms with Gasteiger partial charge in [-0.1, -0.05) is 24.4 Å². The van der Waals surface area contributed by atoms with Crippen molar-refractivity contribution in [2.45, 2.75) is 0 Å². The molecule has 0 aliphatic rings. The molecule has 0 unspecified atom stereocenters. The summed E-state index contributed by atoms with van der Waals surface area (Å²) in [5.74, 6) is 0. The smallest absolute Gasteiger partial charge is 0.0103 e. The first-order valence-corrected chi connectivity index (χ1v) is 7.51. The van der Waals surface area contributed by atoms with Crippen LogP contribution < -0.4 is 0 Å². The van der Waals surface area contributed by atoms with Gasteiger partial charge >= 0.3 is 0 Å². The van der Waals surface area contributed by atoms with E-state index in [9.17, 15) is 0 Å². The predicted octanol–water partition coefficient (Wildman–Crippen LogP) is 1.53. The largest absolute Gasteiger partial charge is 0.753 e. The summed E-state index contributed by atoms with van der Waals surface area (Å²) < 4.78 is 0. The number of isothiocyanates is 2. The van der Waals surface area contributed by atoms with E-state index < -0.39 is 0 Å². The summed E-state index contributed by atoms with van der Waals surface area (Å²) in [6, 6.07) is 0. The number of hydrogen-bond donors (Lipinski definition) is 0. The molecule has 0 aromatic heterocycles. The summed E-state index contributed by atoms with van der Waals surface area (Å²) in [6.07, 6.45) is 0. The molecule has 6 nitrogen and oxygen atoms in total. The first kappa shape index (κ1) is 34.3. The summed E-state index contributed by atoms with van der Waals surface area (Å²) in [5, 5.41) is 16.9. The third-order valence-electron chi connectivity index (χ3n) is 1.99. The molecule has 0 spiro atoms. The zero-order valence-electron chi connectivity index (χ0n) is 15.6. The molecule has 0 aliphatic carbocycles. The van der Waals surface area contributed by atoms with Crippen LogP contribution >= 0.6 is 24.4 Å². The van der Waals surface area contributed by atoms with E-state index in [-0.39, 0.29) is 16.5 Å². The topological polar surface area (TPSA) is 57.6 Å². The van der Waals surface area contributed by atoms with Crippen molar-refractivity contribution in [1.29, 1.82) is 0 Å². The molecule has 0 aromatic rings. The van der Waals surface area contributed by atoms with Crippen LogP contribution in [0.1, 0.15) is 0 Å². The van der Waals surface area contributed by atoms with Gasteiger partial charge in [0, 0.05) is 42.7 Å². The van der Waals surface area contributed by atoms with Crippen molar-refractivity contribution >= 4 is 34.8 Å². The van der Waals surface area contributed by atoms with Crippen LogP contribution in [0.5, 0.6) is 0 Å². The second-order valence-electron chi connectivity index (χ2n) is 5.40. The zero-order valence-corrected chi connectivity index (χ0v) is 18.3. The van der Waals surface area contributed by atoms with Crippen molar-refractivity contribution < 1.29 is 16.5 Å². The maximum atomic E-state index is 7.13. The predicted molar refractivity (Wildman–Crippen MR) is 106 cm³/mol. The van der Waals surface area contributed by atoms with E-state index in [0.29, 0.717) is 0 Å². The Kier molecular flexibility index (Phi) is 44.6. The Morgan fingerprint density at radius 2 is 0.652 bits per heavy atom. The minimum atomic E-state index is 0. The Morgan fingerprint density at radius 1 is 0.565 bits per heavy atom.